The molecule has 0 bridgehead atoms. The Labute approximate surface area is 104 Å². The molecule has 90 valence electrons. The van der Waals surface area contributed by atoms with Gasteiger partial charge in [0.2, 0.25) is 0 Å². The lowest BCUT2D eigenvalue weighted by Crippen LogP contribution is -2.28. The molecular formula is C15H19NO. The van der Waals surface area contributed by atoms with Crippen LogP contribution in [0.15, 0.2) is 36.9 Å². The first-order valence-electron chi connectivity index (χ1n) is 5.74. The fourth-order valence-electron chi connectivity index (χ4n) is 1.66. The number of nitrogens with zero attached hydrogens (tertiary/aromatic N) is 1. The number of anilines is 1. The number of terminal acetylenes is 1. The third-order valence-corrected chi connectivity index (χ3v) is 2.64. The Bertz CT molecular complexity index is 406. The van der Waals surface area contributed by atoms with Gasteiger partial charge in [0.1, 0.15) is 0 Å². The SMILES string of the molecule is C#Cc1cccc(N(C)CC(O)CCC=C)c1. The summed E-state index contributed by atoms with van der Waals surface area (Å²) in [4.78, 5) is 2.01. The third kappa shape index (κ3) is 4.34. The van der Waals surface area contributed by atoms with Crippen LogP contribution >= 0.6 is 0 Å². The van der Waals surface area contributed by atoms with E-state index in [1.54, 1.807) is 0 Å². The van der Waals surface area contributed by atoms with Crippen molar-refractivity contribution < 1.29 is 5.11 Å². The van der Waals surface area contributed by atoms with Crippen molar-refractivity contribution in [2.45, 2.75) is 18.9 Å². The molecule has 2 nitrogen and oxygen atoms in total. The van der Waals surface area contributed by atoms with E-state index in [9.17, 15) is 5.11 Å². The highest BCUT2D eigenvalue weighted by atomic mass is 16.3. The van der Waals surface area contributed by atoms with Crippen molar-refractivity contribution in [2.75, 3.05) is 18.5 Å². The summed E-state index contributed by atoms with van der Waals surface area (Å²) in [5, 5.41) is 9.81. The number of likely N-dealkylation sites (N-methyl/N-ethyl adjacent to an activating group) is 1. The topological polar surface area (TPSA) is 23.5 Å². The molecule has 0 saturated carbocycles. The van der Waals surface area contributed by atoms with Crippen molar-refractivity contribution in [1.29, 1.82) is 0 Å². The van der Waals surface area contributed by atoms with Gasteiger partial charge in [-0.1, -0.05) is 18.1 Å². The molecule has 0 fully saturated rings. The largest absolute Gasteiger partial charge is 0.391 e. The first kappa shape index (κ1) is 13.3. The van der Waals surface area contributed by atoms with Crippen molar-refractivity contribution in [3.63, 3.8) is 0 Å². The third-order valence-electron chi connectivity index (χ3n) is 2.64. The smallest absolute Gasteiger partial charge is 0.0717 e. The molecule has 1 rings (SSSR count). The van der Waals surface area contributed by atoms with Crippen molar-refractivity contribution in [3.8, 4) is 12.3 Å². The second-order valence-corrected chi connectivity index (χ2v) is 4.10. The average molecular weight is 229 g/mol. The van der Waals surface area contributed by atoms with Crippen LogP contribution in [-0.4, -0.2) is 24.8 Å². The highest BCUT2D eigenvalue weighted by Gasteiger charge is 2.08. The van der Waals surface area contributed by atoms with Crippen LogP contribution in [0.3, 0.4) is 0 Å². The van der Waals surface area contributed by atoms with Crippen LogP contribution in [0.4, 0.5) is 5.69 Å². The summed E-state index contributed by atoms with van der Waals surface area (Å²) in [7, 11) is 1.95. The summed E-state index contributed by atoms with van der Waals surface area (Å²) in [6.45, 7) is 4.24. The molecular weight excluding hydrogens is 210 g/mol. The van der Waals surface area contributed by atoms with Crippen LogP contribution in [0, 0.1) is 12.3 Å². The Hall–Kier alpha value is -1.72. The van der Waals surface area contributed by atoms with Gasteiger partial charge in [-0.25, -0.2) is 0 Å². The fraction of sp³-hybridized carbons (Fsp3) is 0.333. The molecule has 0 amide bonds. The van der Waals surface area contributed by atoms with Crippen LogP contribution in [0.2, 0.25) is 0 Å². The monoisotopic (exact) mass is 229 g/mol. The molecule has 0 radical (unpaired) electrons. The minimum absolute atomic E-state index is 0.340. The zero-order valence-corrected chi connectivity index (χ0v) is 10.3. The van der Waals surface area contributed by atoms with Crippen LogP contribution in [0.5, 0.6) is 0 Å². The van der Waals surface area contributed by atoms with Gasteiger partial charge in [0, 0.05) is 24.8 Å². The van der Waals surface area contributed by atoms with Gasteiger partial charge in [0.05, 0.1) is 6.10 Å². The van der Waals surface area contributed by atoms with Gasteiger partial charge >= 0.3 is 0 Å². The van der Waals surface area contributed by atoms with Crippen LogP contribution in [0.25, 0.3) is 0 Å². The summed E-state index contributed by atoms with van der Waals surface area (Å²) in [5.74, 6) is 2.61. The van der Waals surface area contributed by atoms with Crippen molar-refractivity contribution >= 4 is 5.69 Å². The molecule has 0 aromatic heterocycles. The van der Waals surface area contributed by atoms with Crippen molar-refractivity contribution in [2.24, 2.45) is 0 Å². The second-order valence-electron chi connectivity index (χ2n) is 4.10. The van der Waals surface area contributed by atoms with E-state index in [0.717, 1.165) is 24.1 Å². The number of aliphatic hydroxyl groups is 1. The Morgan fingerprint density at radius 3 is 3.00 bits per heavy atom. The van der Waals surface area contributed by atoms with Crippen LogP contribution < -0.4 is 4.90 Å². The molecule has 1 unspecified atom stereocenters. The van der Waals surface area contributed by atoms with Crippen molar-refractivity contribution in [1.82, 2.24) is 0 Å². The van der Waals surface area contributed by atoms with E-state index in [4.69, 9.17) is 6.42 Å². The lowest BCUT2D eigenvalue weighted by atomic mass is 10.1. The van der Waals surface area contributed by atoms with E-state index < -0.39 is 0 Å². The number of hydrogen-bond acceptors (Lipinski definition) is 2. The maximum absolute atomic E-state index is 9.81. The molecule has 0 aliphatic carbocycles. The maximum atomic E-state index is 9.81. The quantitative estimate of drug-likeness (QED) is 0.598. The molecule has 0 saturated heterocycles. The fourth-order valence-corrected chi connectivity index (χ4v) is 1.66. The Balaban J connectivity index is 2.59. The normalized spacial score (nSPS) is 11.6. The lowest BCUT2D eigenvalue weighted by Gasteiger charge is -2.22. The molecule has 1 aromatic carbocycles. The average Bonchev–Trinajstić information content (AvgIpc) is 2.36. The van der Waals surface area contributed by atoms with Gasteiger partial charge in [0.15, 0.2) is 0 Å². The highest BCUT2D eigenvalue weighted by Crippen LogP contribution is 2.15. The zero-order valence-electron chi connectivity index (χ0n) is 10.3. The lowest BCUT2D eigenvalue weighted by molar-refractivity contribution is 0.172. The molecule has 0 aliphatic heterocycles. The maximum Gasteiger partial charge on any atom is 0.0717 e. The molecule has 1 N–H and O–H groups in total. The summed E-state index contributed by atoms with van der Waals surface area (Å²) >= 11 is 0. The number of benzene rings is 1. The Kier molecular flexibility index (Phi) is 5.32. The van der Waals surface area contributed by atoms with E-state index in [1.807, 2.05) is 42.3 Å². The van der Waals surface area contributed by atoms with E-state index in [1.165, 1.54) is 0 Å². The molecule has 1 atom stereocenters. The predicted octanol–water partition coefficient (Wildman–Crippen LogP) is 2.43. The highest BCUT2D eigenvalue weighted by molar-refractivity contribution is 5.51. The van der Waals surface area contributed by atoms with Crippen LogP contribution in [-0.2, 0) is 0 Å². The molecule has 2 heteroatoms. The molecule has 0 heterocycles. The van der Waals surface area contributed by atoms with Crippen LogP contribution in [0.1, 0.15) is 18.4 Å². The van der Waals surface area contributed by atoms with Crippen molar-refractivity contribution in [3.05, 3.63) is 42.5 Å². The van der Waals surface area contributed by atoms with Gasteiger partial charge in [-0.05, 0) is 31.0 Å². The van der Waals surface area contributed by atoms with E-state index >= 15 is 0 Å². The Morgan fingerprint density at radius 1 is 1.59 bits per heavy atom. The van der Waals surface area contributed by atoms with Gasteiger partial charge in [-0.15, -0.1) is 13.0 Å². The zero-order chi connectivity index (χ0) is 12.7. The number of allylic oxidation sites excluding steroid dienone is 1. The number of rotatable bonds is 6. The summed E-state index contributed by atoms with van der Waals surface area (Å²) in [6.07, 6.45) is 8.41. The first-order chi connectivity index (χ1) is 8.17. The molecule has 17 heavy (non-hydrogen) atoms. The van der Waals surface area contributed by atoms with E-state index in [-0.39, 0.29) is 6.10 Å². The minimum atomic E-state index is -0.340. The van der Waals surface area contributed by atoms with Gasteiger partial charge < -0.3 is 10.0 Å². The van der Waals surface area contributed by atoms with E-state index in [2.05, 4.69) is 12.5 Å². The predicted molar refractivity (Wildman–Crippen MR) is 73.1 cm³/mol. The van der Waals surface area contributed by atoms with Gasteiger partial charge in [0.25, 0.3) is 0 Å². The standard InChI is InChI=1S/C15H19NO/c1-4-6-10-15(17)12-16(3)14-9-7-8-13(5-2)11-14/h2,4,7-9,11,15,17H,1,6,10,12H2,3H3. The molecule has 0 spiro atoms. The minimum Gasteiger partial charge on any atom is -0.391 e. The summed E-state index contributed by atoms with van der Waals surface area (Å²) in [6, 6.07) is 7.75. The summed E-state index contributed by atoms with van der Waals surface area (Å²) < 4.78 is 0. The second kappa shape index (κ2) is 6.78. The molecule has 0 aliphatic rings. The first-order valence-corrected chi connectivity index (χ1v) is 5.74. The molecule has 1 aromatic rings. The Morgan fingerprint density at radius 2 is 2.35 bits per heavy atom. The van der Waals surface area contributed by atoms with Gasteiger partial charge in [-0.3, -0.25) is 0 Å². The van der Waals surface area contributed by atoms with Gasteiger partial charge in [-0.2, -0.15) is 0 Å². The summed E-state index contributed by atoms with van der Waals surface area (Å²) in [5.41, 5.74) is 1.88. The number of hydrogen-bond donors (Lipinski definition) is 1. The number of aliphatic hydroxyl groups excluding tert-OH is 1. The van der Waals surface area contributed by atoms with E-state index in [0.29, 0.717) is 6.54 Å².